The van der Waals surface area contributed by atoms with Crippen LogP contribution in [-0.4, -0.2) is 9.97 Å². The zero-order valence-electron chi connectivity index (χ0n) is 10.2. The maximum Gasteiger partial charge on any atom is 0.112 e. The number of hydrogen-bond donors (Lipinski definition) is 1. The molecule has 2 aromatic rings. The van der Waals surface area contributed by atoms with E-state index < -0.39 is 0 Å². The second kappa shape index (κ2) is 4.02. The van der Waals surface area contributed by atoms with E-state index in [9.17, 15) is 0 Å². The second-order valence-corrected chi connectivity index (χ2v) is 5.02. The van der Waals surface area contributed by atoms with Crippen LogP contribution < -0.4 is 0 Å². The second-order valence-electron chi connectivity index (χ2n) is 5.02. The summed E-state index contributed by atoms with van der Waals surface area (Å²) in [4.78, 5) is 7.82. The Labute approximate surface area is 102 Å². The standard InChI is InChI=1S/C15H18N2/c1-2-15(14-16-9-10-17-14)8-7-12-5-3-4-6-13(12)11-15/h3-6,9-10H,2,7-8,11H2,1H3,(H,16,17)/t15-/m0/s1. The molecule has 1 N–H and O–H groups in total. The molecule has 2 nitrogen and oxygen atoms in total. The average Bonchev–Trinajstić information content (AvgIpc) is 2.92. The zero-order valence-corrected chi connectivity index (χ0v) is 10.2. The van der Waals surface area contributed by atoms with Crippen LogP contribution in [0.4, 0.5) is 0 Å². The Morgan fingerprint density at radius 3 is 2.82 bits per heavy atom. The summed E-state index contributed by atoms with van der Waals surface area (Å²) >= 11 is 0. The van der Waals surface area contributed by atoms with Crippen LogP contribution in [0.3, 0.4) is 0 Å². The summed E-state index contributed by atoms with van der Waals surface area (Å²) in [6, 6.07) is 8.82. The van der Waals surface area contributed by atoms with E-state index in [2.05, 4.69) is 41.2 Å². The first-order valence-corrected chi connectivity index (χ1v) is 6.41. The lowest BCUT2D eigenvalue weighted by atomic mass is 9.69. The minimum atomic E-state index is 0.220. The molecule has 1 aromatic heterocycles. The predicted molar refractivity (Wildman–Crippen MR) is 69.0 cm³/mol. The number of aromatic nitrogens is 2. The van der Waals surface area contributed by atoms with Gasteiger partial charge in [0, 0.05) is 17.8 Å². The van der Waals surface area contributed by atoms with Crippen molar-refractivity contribution in [2.24, 2.45) is 0 Å². The molecule has 0 unspecified atom stereocenters. The SMILES string of the molecule is CC[C@]1(c2ncc[nH]2)CCc2ccccc2C1. The first-order chi connectivity index (χ1) is 8.34. The molecule has 1 aliphatic carbocycles. The number of hydrogen-bond acceptors (Lipinski definition) is 1. The zero-order chi connectivity index (χ0) is 11.7. The van der Waals surface area contributed by atoms with Crippen LogP contribution in [-0.2, 0) is 18.3 Å². The molecule has 1 aromatic carbocycles. The maximum absolute atomic E-state index is 4.50. The summed E-state index contributed by atoms with van der Waals surface area (Å²) in [5.41, 5.74) is 3.23. The molecule has 1 heterocycles. The van der Waals surface area contributed by atoms with E-state index in [4.69, 9.17) is 0 Å². The van der Waals surface area contributed by atoms with Gasteiger partial charge in [0.25, 0.3) is 0 Å². The van der Waals surface area contributed by atoms with Crippen LogP contribution >= 0.6 is 0 Å². The summed E-state index contributed by atoms with van der Waals surface area (Å²) in [6.45, 7) is 2.27. The molecule has 0 amide bonds. The highest BCUT2D eigenvalue weighted by atomic mass is 14.9. The van der Waals surface area contributed by atoms with Crippen LogP contribution in [0, 0.1) is 0 Å². The summed E-state index contributed by atoms with van der Waals surface area (Å²) < 4.78 is 0. The van der Waals surface area contributed by atoms with Crippen molar-refractivity contribution in [3.8, 4) is 0 Å². The van der Waals surface area contributed by atoms with Crippen molar-refractivity contribution in [1.82, 2.24) is 9.97 Å². The highest BCUT2D eigenvalue weighted by molar-refractivity contribution is 5.34. The van der Waals surface area contributed by atoms with Gasteiger partial charge in [-0.15, -0.1) is 0 Å². The quantitative estimate of drug-likeness (QED) is 0.836. The summed E-state index contributed by atoms with van der Waals surface area (Å²) in [5.74, 6) is 1.16. The van der Waals surface area contributed by atoms with Crippen molar-refractivity contribution in [2.45, 2.75) is 38.0 Å². The van der Waals surface area contributed by atoms with Crippen LogP contribution in [0.2, 0.25) is 0 Å². The number of imidazole rings is 1. The number of aromatic amines is 1. The highest BCUT2D eigenvalue weighted by Gasteiger charge is 2.36. The number of nitrogens with zero attached hydrogens (tertiary/aromatic N) is 1. The lowest BCUT2D eigenvalue weighted by Crippen LogP contribution is -2.34. The summed E-state index contributed by atoms with van der Waals surface area (Å²) in [6.07, 6.45) is 8.45. The van der Waals surface area contributed by atoms with E-state index >= 15 is 0 Å². The molecule has 17 heavy (non-hydrogen) atoms. The average molecular weight is 226 g/mol. The van der Waals surface area contributed by atoms with Crippen LogP contribution in [0.25, 0.3) is 0 Å². The molecule has 1 aliphatic rings. The molecule has 0 aliphatic heterocycles. The lowest BCUT2D eigenvalue weighted by Gasteiger charge is -2.36. The van der Waals surface area contributed by atoms with Crippen molar-refractivity contribution in [1.29, 1.82) is 0 Å². The van der Waals surface area contributed by atoms with E-state index in [1.807, 2.05) is 12.4 Å². The van der Waals surface area contributed by atoms with Gasteiger partial charge >= 0.3 is 0 Å². The molecular formula is C15H18N2. The van der Waals surface area contributed by atoms with Gasteiger partial charge in [-0.05, 0) is 36.8 Å². The van der Waals surface area contributed by atoms with Crippen LogP contribution in [0.15, 0.2) is 36.7 Å². The van der Waals surface area contributed by atoms with Gasteiger partial charge in [0.15, 0.2) is 0 Å². The van der Waals surface area contributed by atoms with Crippen molar-refractivity contribution in [2.75, 3.05) is 0 Å². The molecule has 0 radical (unpaired) electrons. The van der Waals surface area contributed by atoms with Crippen molar-refractivity contribution >= 4 is 0 Å². The van der Waals surface area contributed by atoms with Gasteiger partial charge in [-0.1, -0.05) is 31.2 Å². The topological polar surface area (TPSA) is 28.7 Å². The lowest BCUT2D eigenvalue weighted by molar-refractivity contribution is 0.340. The van der Waals surface area contributed by atoms with Gasteiger partial charge in [-0.2, -0.15) is 0 Å². The first kappa shape index (κ1) is 10.6. The minimum Gasteiger partial charge on any atom is -0.348 e. The predicted octanol–water partition coefficient (Wildman–Crippen LogP) is 3.25. The Morgan fingerprint density at radius 1 is 1.29 bits per heavy atom. The molecule has 0 saturated carbocycles. The van der Waals surface area contributed by atoms with Crippen molar-refractivity contribution < 1.29 is 0 Å². The molecule has 88 valence electrons. The molecule has 0 fully saturated rings. The summed E-state index contributed by atoms with van der Waals surface area (Å²) in [7, 11) is 0. The molecule has 0 bridgehead atoms. The molecule has 3 rings (SSSR count). The van der Waals surface area contributed by atoms with E-state index in [0.29, 0.717) is 0 Å². The Kier molecular flexibility index (Phi) is 2.50. The third kappa shape index (κ3) is 1.68. The normalized spacial score (nSPS) is 23.4. The Bertz CT molecular complexity index is 501. The summed E-state index contributed by atoms with van der Waals surface area (Å²) in [5, 5.41) is 0. The minimum absolute atomic E-state index is 0.220. The number of aryl methyl sites for hydroxylation is 1. The number of rotatable bonds is 2. The smallest absolute Gasteiger partial charge is 0.112 e. The largest absolute Gasteiger partial charge is 0.348 e. The van der Waals surface area contributed by atoms with Gasteiger partial charge in [-0.25, -0.2) is 4.98 Å². The first-order valence-electron chi connectivity index (χ1n) is 6.41. The fraction of sp³-hybridized carbons (Fsp3) is 0.400. The molecule has 2 heteroatoms. The number of H-pyrrole nitrogens is 1. The maximum atomic E-state index is 4.50. The molecular weight excluding hydrogens is 208 g/mol. The van der Waals surface area contributed by atoms with E-state index in [0.717, 1.165) is 18.7 Å². The third-order valence-electron chi connectivity index (χ3n) is 4.20. The molecule has 1 atom stereocenters. The molecule has 0 spiro atoms. The van der Waals surface area contributed by atoms with Crippen LogP contribution in [0.1, 0.15) is 36.7 Å². The fourth-order valence-electron chi connectivity index (χ4n) is 3.03. The van der Waals surface area contributed by atoms with Gasteiger partial charge in [-0.3, -0.25) is 0 Å². The Balaban J connectivity index is 2.01. The fourth-order valence-corrected chi connectivity index (χ4v) is 3.03. The molecule has 0 saturated heterocycles. The van der Waals surface area contributed by atoms with E-state index in [1.165, 1.54) is 24.0 Å². The van der Waals surface area contributed by atoms with Gasteiger partial charge in [0.1, 0.15) is 5.82 Å². The number of fused-ring (bicyclic) bond motifs is 1. The monoisotopic (exact) mass is 226 g/mol. The number of benzene rings is 1. The highest BCUT2D eigenvalue weighted by Crippen LogP contribution is 2.39. The van der Waals surface area contributed by atoms with Gasteiger partial charge in [0.05, 0.1) is 0 Å². The Hall–Kier alpha value is -1.57. The van der Waals surface area contributed by atoms with Crippen molar-refractivity contribution in [3.05, 3.63) is 53.6 Å². The van der Waals surface area contributed by atoms with Gasteiger partial charge < -0.3 is 4.98 Å². The van der Waals surface area contributed by atoms with E-state index in [1.54, 1.807) is 0 Å². The Morgan fingerprint density at radius 2 is 2.12 bits per heavy atom. The van der Waals surface area contributed by atoms with Crippen molar-refractivity contribution in [3.63, 3.8) is 0 Å². The van der Waals surface area contributed by atoms with Crippen LogP contribution in [0.5, 0.6) is 0 Å². The number of nitrogens with one attached hydrogen (secondary N) is 1. The van der Waals surface area contributed by atoms with Gasteiger partial charge in [0.2, 0.25) is 0 Å². The third-order valence-corrected chi connectivity index (χ3v) is 4.20. The van der Waals surface area contributed by atoms with E-state index in [-0.39, 0.29) is 5.41 Å².